The van der Waals surface area contributed by atoms with Gasteiger partial charge in [-0.1, -0.05) is 23.5 Å². The van der Waals surface area contributed by atoms with E-state index in [2.05, 4.69) is 30.9 Å². The minimum atomic E-state index is -0.235. The van der Waals surface area contributed by atoms with Crippen LogP contribution in [0.2, 0.25) is 0 Å². The summed E-state index contributed by atoms with van der Waals surface area (Å²) in [6.45, 7) is 8.31. The van der Waals surface area contributed by atoms with E-state index in [-0.39, 0.29) is 30.6 Å². The van der Waals surface area contributed by atoms with E-state index in [0.717, 1.165) is 34.4 Å². The molecule has 8 nitrogen and oxygen atoms in total. The molecule has 0 atom stereocenters. The summed E-state index contributed by atoms with van der Waals surface area (Å²) in [6, 6.07) is 10.9. The first-order valence-corrected chi connectivity index (χ1v) is 12.7. The number of imide groups is 1. The average molecular weight is 493 g/mol. The molecule has 182 valence electrons. The highest BCUT2D eigenvalue weighted by Gasteiger charge is 2.31. The zero-order valence-corrected chi connectivity index (χ0v) is 20.8. The van der Waals surface area contributed by atoms with Crippen molar-refractivity contribution in [2.45, 2.75) is 26.7 Å². The lowest BCUT2D eigenvalue weighted by Gasteiger charge is -2.29. The molecule has 0 unspecified atom stereocenters. The Labute approximate surface area is 208 Å². The zero-order chi connectivity index (χ0) is 24.5. The summed E-state index contributed by atoms with van der Waals surface area (Å²) in [7, 11) is 0. The third kappa shape index (κ3) is 4.71. The number of thiazole rings is 1. The van der Waals surface area contributed by atoms with Gasteiger partial charge in [0.15, 0.2) is 5.13 Å². The first kappa shape index (κ1) is 23.6. The highest BCUT2D eigenvalue weighted by atomic mass is 32.1. The molecule has 3 amide bonds. The van der Waals surface area contributed by atoms with Crippen molar-refractivity contribution in [3.63, 3.8) is 0 Å². The van der Waals surface area contributed by atoms with Gasteiger partial charge in [0.2, 0.25) is 11.8 Å². The summed E-state index contributed by atoms with van der Waals surface area (Å²) in [4.78, 5) is 48.4. The second-order valence-corrected chi connectivity index (χ2v) is 9.94. The van der Waals surface area contributed by atoms with E-state index in [0.29, 0.717) is 42.7 Å². The van der Waals surface area contributed by atoms with Crippen LogP contribution in [0.25, 0.3) is 10.2 Å². The molecule has 5 rings (SSSR count). The van der Waals surface area contributed by atoms with Gasteiger partial charge in [0.1, 0.15) is 0 Å². The number of aryl methyl sites for hydroxylation is 2. The molecule has 2 fully saturated rings. The summed E-state index contributed by atoms with van der Waals surface area (Å²) >= 11 is 1.50. The van der Waals surface area contributed by atoms with Crippen LogP contribution in [-0.4, -0.2) is 67.0 Å². The van der Waals surface area contributed by atoms with Crippen molar-refractivity contribution in [2.75, 3.05) is 49.2 Å². The fraction of sp³-hybridized carbons (Fsp3) is 0.385. The first-order valence-electron chi connectivity index (χ1n) is 11.9. The minimum Gasteiger partial charge on any atom is -0.379 e. The fourth-order valence-electron chi connectivity index (χ4n) is 4.48. The maximum absolute atomic E-state index is 13.8. The molecule has 1 aromatic heterocycles. The van der Waals surface area contributed by atoms with Crippen molar-refractivity contribution in [1.82, 2.24) is 9.88 Å². The topological polar surface area (TPSA) is 83.0 Å². The summed E-state index contributed by atoms with van der Waals surface area (Å²) in [5, 5.41) is 0.644. The van der Waals surface area contributed by atoms with E-state index >= 15 is 0 Å². The molecule has 0 N–H and O–H groups in total. The van der Waals surface area contributed by atoms with Gasteiger partial charge in [-0.05, 0) is 49.2 Å². The average Bonchev–Trinajstić information content (AvgIpc) is 3.45. The maximum Gasteiger partial charge on any atom is 0.260 e. The highest BCUT2D eigenvalue weighted by molar-refractivity contribution is 7.22. The normalized spacial score (nSPS) is 16.9. The third-order valence-electron chi connectivity index (χ3n) is 6.70. The van der Waals surface area contributed by atoms with Gasteiger partial charge in [-0.2, -0.15) is 0 Å². The number of morpholine rings is 1. The lowest BCUT2D eigenvalue weighted by molar-refractivity contribution is -0.121. The molecule has 0 saturated carbocycles. The summed E-state index contributed by atoms with van der Waals surface area (Å²) in [6.07, 6.45) is 0.403. The molecular formula is C26H28N4O4S. The van der Waals surface area contributed by atoms with Crippen molar-refractivity contribution in [3.05, 3.63) is 53.1 Å². The van der Waals surface area contributed by atoms with Crippen LogP contribution in [0.1, 0.15) is 34.3 Å². The smallest absolute Gasteiger partial charge is 0.260 e. The van der Waals surface area contributed by atoms with Crippen LogP contribution >= 0.6 is 11.3 Å². The van der Waals surface area contributed by atoms with E-state index in [4.69, 9.17) is 9.72 Å². The van der Waals surface area contributed by atoms with Gasteiger partial charge in [-0.3, -0.25) is 29.1 Å². The van der Waals surface area contributed by atoms with Gasteiger partial charge in [0.05, 0.1) is 29.1 Å². The van der Waals surface area contributed by atoms with Gasteiger partial charge in [-0.25, -0.2) is 4.98 Å². The molecule has 2 aromatic carbocycles. The first-order chi connectivity index (χ1) is 16.9. The standard InChI is InChI=1S/C26H28N4O4S/c1-17-6-7-21-24(18(17)2)27-26(35-21)29(11-10-28-12-14-34-15-13-28)25(33)19-4-3-5-20(16-19)30-22(31)8-9-23(30)32/h3-7,16H,8-15H2,1-2H3. The molecular weight excluding hydrogens is 464 g/mol. The lowest BCUT2D eigenvalue weighted by atomic mass is 10.1. The minimum absolute atomic E-state index is 0.201. The van der Waals surface area contributed by atoms with Gasteiger partial charge >= 0.3 is 0 Å². The van der Waals surface area contributed by atoms with Crippen molar-refractivity contribution in [2.24, 2.45) is 0 Å². The van der Waals surface area contributed by atoms with Crippen molar-refractivity contribution in [3.8, 4) is 0 Å². The van der Waals surface area contributed by atoms with Gasteiger partial charge < -0.3 is 4.74 Å². The molecule has 3 aromatic rings. The van der Waals surface area contributed by atoms with Crippen molar-refractivity contribution >= 4 is 50.1 Å². The Bertz CT molecular complexity index is 1280. The Morgan fingerprint density at radius 2 is 1.83 bits per heavy atom. The van der Waals surface area contributed by atoms with Gasteiger partial charge in [0, 0.05) is 44.6 Å². The summed E-state index contributed by atoms with van der Waals surface area (Å²) in [5.41, 5.74) is 4.04. The second-order valence-electron chi connectivity index (χ2n) is 8.93. The van der Waals surface area contributed by atoms with Gasteiger partial charge in [-0.15, -0.1) is 0 Å². The molecule has 2 aliphatic heterocycles. The van der Waals surface area contributed by atoms with Crippen LogP contribution in [0.4, 0.5) is 10.8 Å². The number of aromatic nitrogens is 1. The Morgan fingerprint density at radius 3 is 2.57 bits per heavy atom. The highest BCUT2D eigenvalue weighted by Crippen LogP contribution is 2.33. The Hall–Kier alpha value is -3.14. The van der Waals surface area contributed by atoms with Crippen LogP contribution in [-0.2, 0) is 14.3 Å². The van der Waals surface area contributed by atoms with Crippen LogP contribution in [0.15, 0.2) is 36.4 Å². The molecule has 9 heteroatoms. The van der Waals surface area contributed by atoms with E-state index in [1.165, 1.54) is 16.2 Å². The number of ether oxygens (including phenoxy) is 1. The largest absolute Gasteiger partial charge is 0.379 e. The van der Waals surface area contributed by atoms with Crippen LogP contribution in [0.3, 0.4) is 0 Å². The number of anilines is 2. The fourth-order valence-corrected chi connectivity index (χ4v) is 5.53. The SMILES string of the molecule is Cc1ccc2sc(N(CCN3CCOCC3)C(=O)c3cccc(N4C(=O)CCC4=O)c3)nc2c1C. The second kappa shape index (κ2) is 9.85. The third-order valence-corrected chi connectivity index (χ3v) is 7.74. The van der Waals surface area contributed by atoms with Crippen LogP contribution in [0.5, 0.6) is 0 Å². The monoisotopic (exact) mass is 492 g/mol. The van der Waals surface area contributed by atoms with Gasteiger partial charge in [0.25, 0.3) is 5.91 Å². The van der Waals surface area contributed by atoms with E-state index in [1.807, 2.05) is 0 Å². The molecule has 2 saturated heterocycles. The molecule has 35 heavy (non-hydrogen) atoms. The lowest BCUT2D eigenvalue weighted by Crippen LogP contribution is -2.43. The number of hydrogen-bond acceptors (Lipinski definition) is 7. The Balaban J connectivity index is 1.48. The predicted molar refractivity (Wildman–Crippen MR) is 136 cm³/mol. The number of carbonyl (C=O) groups is 3. The van der Waals surface area contributed by atoms with E-state index in [9.17, 15) is 14.4 Å². The zero-order valence-electron chi connectivity index (χ0n) is 20.0. The number of rotatable bonds is 6. The number of fused-ring (bicyclic) bond motifs is 1. The maximum atomic E-state index is 13.8. The Kier molecular flexibility index (Phi) is 6.64. The predicted octanol–water partition coefficient (Wildman–Crippen LogP) is 3.55. The molecule has 0 spiro atoms. The number of benzene rings is 2. The number of hydrogen-bond donors (Lipinski definition) is 0. The summed E-state index contributed by atoms with van der Waals surface area (Å²) < 4.78 is 6.50. The van der Waals surface area contributed by atoms with E-state index in [1.54, 1.807) is 29.2 Å². The molecule has 0 radical (unpaired) electrons. The van der Waals surface area contributed by atoms with E-state index < -0.39 is 0 Å². The number of amides is 3. The quantitative estimate of drug-likeness (QED) is 0.490. The number of nitrogens with zero attached hydrogens (tertiary/aromatic N) is 4. The van der Waals surface area contributed by atoms with Crippen LogP contribution < -0.4 is 9.80 Å². The molecule has 0 bridgehead atoms. The Morgan fingerprint density at radius 1 is 1.09 bits per heavy atom. The molecule has 3 heterocycles. The van der Waals surface area contributed by atoms with Crippen molar-refractivity contribution < 1.29 is 19.1 Å². The van der Waals surface area contributed by atoms with Crippen LogP contribution in [0, 0.1) is 13.8 Å². The summed E-state index contributed by atoms with van der Waals surface area (Å²) in [5.74, 6) is -0.672. The molecule has 0 aliphatic carbocycles. The molecule has 2 aliphatic rings. The van der Waals surface area contributed by atoms with Crippen molar-refractivity contribution in [1.29, 1.82) is 0 Å². The number of carbonyl (C=O) groups excluding carboxylic acids is 3.